The van der Waals surface area contributed by atoms with E-state index < -0.39 is 9.84 Å². The third-order valence-electron chi connectivity index (χ3n) is 4.54. The zero-order valence-corrected chi connectivity index (χ0v) is 14.3. The highest BCUT2D eigenvalue weighted by Gasteiger charge is 2.34. The van der Waals surface area contributed by atoms with Crippen LogP contribution >= 0.6 is 0 Å². The maximum absolute atomic E-state index is 12.2. The Morgan fingerprint density at radius 2 is 1.79 bits per heavy atom. The van der Waals surface area contributed by atoms with Gasteiger partial charge in [-0.25, -0.2) is 8.42 Å². The van der Waals surface area contributed by atoms with Crippen molar-refractivity contribution in [2.45, 2.75) is 48.8 Å². The van der Waals surface area contributed by atoms with E-state index in [2.05, 4.69) is 5.32 Å². The summed E-state index contributed by atoms with van der Waals surface area (Å²) in [4.78, 5) is 12.4. The number of hydrogen-bond donors (Lipinski definition) is 1. The van der Waals surface area contributed by atoms with Gasteiger partial charge < -0.3 is 14.8 Å². The molecule has 1 amide bonds. The van der Waals surface area contributed by atoms with Crippen molar-refractivity contribution in [3.8, 4) is 0 Å². The second kappa shape index (κ2) is 7.63. The molecule has 1 aromatic rings. The van der Waals surface area contributed by atoms with E-state index in [9.17, 15) is 13.2 Å². The van der Waals surface area contributed by atoms with Crippen molar-refractivity contribution in [2.75, 3.05) is 19.0 Å². The van der Waals surface area contributed by atoms with Crippen molar-refractivity contribution in [3.05, 3.63) is 30.3 Å². The van der Waals surface area contributed by atoms with Crippen LogP contribution in [0.3, 0.4) is 0 Å². The molecule has 3 atom stereocenters. The molecule has 0 radical (unpaired) electrons. The zero-order chi connectivity index (χ0) is 17.0. The van der Waals surface area contributed by atoms with Crippen LogP contribution in [0.2, 0.25) is 0 Å². The highest BCUT2D eigenvalue weighted by molar-refractivity contribution is 7.91. The fourth-order valence-corrected chi connectivity index (χ4v) is 4.53. The first kappa shape index (κ1) is 17.4. The van der Waals surface area contributed by atoms with Crippen molar-refractivity contribution in [1.29, 1.82) is 0 Å². The van der Waals surface area contributed by atoms with Gasteiger partial charge in [0.1, 0.15) is 0 Å². The molecular weight excluding hydrogens is 330 g/mol. The van der Waals surface area contributed by atoms with Crippen LogP contribution < -0.4 is 5.32 Å². The fraction of sp³-hybridized carbons (Fsp3) is 0.588. The van der Waals surface area contributed by atoms with E-state index in [-0.39, 0.29) is 41.2 Å². The van der Waals surface area contributed by atoms with E-state index in [1.165, 1.54) is 0 Å². The Hall–Kier alpha value is -1.44. The predicted molar refractivity (Wildman–Crippen MR) is 88.4 cm³/mol. The number of carbonyl (C=O) groups is 1. The first-order chi connectivity index (χ1) is 11.5. The lowest BCUT2D eigenvalue weighted by Gasteiger charge is -2.39. The summed E-state index contributed by atoms with van der Waals surface area (Å²) >= 11 is 0. The molecular formula is C17H23NO5S. The smallest absolute Gasteiger partial charge is 0.221 e. The summed E-state index contributed by atoms with van der Waals surface area (Å²) < 4.78 is 35.8. The molecule has 0 aromatic heterocycles. The molecule has 1 aromatic carbocycles. The minimum absolute atomic E-state index is 0.0277. The Morgan fingerprint density at radius 3 is 2.54 bits per heavy atom. The molecule has 1 N–H and O–H groups in total. The van der Waals surface area contributed by atoms with Crippen LogP contribution in [0.1, 0.15) is 25.7 Å². The molecule has 2 aliphatic rings. The number of ether oxygens (including phenoxy) is 2. The fourth-order valence-electron chi connectivity index (χ4n) is 3.27. The molecule has 0 bridgehead atoms. The van der Waals surface area contributed by atoms with Crippen LogP contribution in [-0.4, -0.2) is 51.5 Å². The summed E-state index contributed by atoms with van der Waals surface area (Å²) in [5.41, 5.74) is 0. The zero-order valence-electron chi connectivity index (χ0n) is 13.5. The molecule has 2 fully saturated rings. The molecule has 0 spiro atoms. The third-order valence-corrected chi connectivity index (χ3v) is 6.28. The number of fused-ring (bicyclic) bond motifs is 1. The van der Waals surface area contributed by atoms with Crippen molar-refractivity contribution in [2.24, 2.45) is 0 Å². The summed E-state index contributed by atoms with van der Waals surface area (Å²) in [6, 6.07) is 8.25. The van der Waals surface area contributed by atoms with Crippen LogP contribution in [-0.2, 0) is 24.1 Å². The lowest BCUT2D eigenvalue weighted by Crippen LogP contribution is -2.49. The monoisotopic (exact) mass is 353 g/mol. The van der Waals surface area contributed by atoms with E-state index in [4.69, 9.17) is 9.47 Å². The first-order valence-electron chi connectivity index (χ1n) is 8.35. The molecule has 24 heavy (non-hydrogen) atoms. The maximum atomic E-state index is 12.2. The van der Waals surface area contributed by atoms with Gasteiger partial charge in [-0.15, -0.1) is 0 Å². The number of sulfone groups is 1. The van der Waals surface area contributed by atoms with Gasteiger partial charge in [0, 0.05) is 12.5 Å². The van der Waals surface area contributed by atoms with Gasteiger partial charge in [0.25, 0.3) is 0 Å². The Kier molecular flexibility index (Phi) is 5.53. The van der Waals surface area contributed by atoms with Crippen LogP contribution in [0, 0.1) is 0 Å². The molecule has 3 unspecified atom stereocenters. The van der Waals surface area contributed by atoms with Gasteiger partial charge in [0.2, 0.25) is 5.91 Å². The van der Waals surface area contributed by atoms with Crippen molar-refractivity contribution < 1.29 is 22.7 Å². The van der Waals surface area contributed by atoms with Crippen molar-refractivity contribution in [3.63, 3.8) is 0 Å². The standard InChI is InChI=1S/C17H23NO5S/c19-17(8-11-24(20,21)14-4-2-1-3-5-14)18-13-6-7-15-16(12-13)23-10-9-22-15/h1-5,13,15-16H,6-12H2,(H,18,19). The van der Waals surface area contributed by atoms with Gasteiger partial charge >= 0.3 is 0 Å². The van der Waals surface area contributed by atoms with Gasteiger partial charge in [-0.3, -0.25) is 4.79 Å². The van der Waals surface area contributed by atoms with Gasteiger partial charge in [-0.2, -0.15) is 0 Å². The van der Waals surface area contributed by atoms with Gasteiger partial charge in [-0.05, 0) is 31.4 Å². The number of amides is 1. The van der Waals surface area contributed by atoms with Crippen molar-refractivity contribution in [1.82, 2.24) is 5.32 Å². The Labute approximate surface area is 142 Å². The molecule has 1 saturated carbocycles. The maximum Gasteiger partial charge on any atom is 0.221 e. The highest BCUT2D eigenvalue weighted by Crippen LogP contribution is 2.26. The van der Waals surface area contributed by atoms with E-state index in [0.29, 0.717) is 13.2 Å². The SMILES string of the molecule is O=C(CCS(=O)(=O)c1ccccc1)NC1CCC2OCCOC2C1. The van der Waals surface area contributed by atoms with Crippen LogP contribution in [0.25, 0.3) is 0 Å². The Balaban J connectivity index is 1.48. The topological polar surface area (TPSA) is 81.7 Å². The van der Waals surface area contributed by atoms with Gasteiger partial charge in [0.15, 0.2) is 9.84 Å². The van der Waals surface area contributed by atoms with Crippen LogP contribution in [0.4, 0.5) is 0 Å². The number of nitrogens with one attached hydrogen (secondary N) is 1. The average molecular weight is 353 g/mol. The number of benzene rings is 1. The lowest BCUT2D eigenvalue weighted by molar-refractivity contribution is -0.158. The van der Waals surface area contributed by atoms with E-state index in [1.807, 2.05) is 0 Å². The summed E-state index contributed by atoms with van der Waals surface area (Å²) in [6.07, 6.45) is 2.55. The normalized spacial score (nSPS) is 27.2. The largest absolute Gasteiger partial charge is 0.373 e. The quantitative estimate of drug-likeness (QED) is 0.863. The number of hydrogen-bond acceptors (Lipinski definition) is 5. The summed E-state index contributed by atoms with van der Waals surface area (Å²) in [6.45, 7) is 1.23. The number of rotatable bonds is 5. The van der Waals surface area contributed by atoms with Gasteiger partial charge in [0.05, 0.1) is 36.1 Å². The molecule has 1 aliphatic carbocycles. The van der Waals surface area contributed by atoms with Gasteiger partial charge in [-0.1, -0.05) is 18.2 Å². The molecule has 6 nitrogen and oxygen atoms in total. The second-order valence-electron chi connectivity index (χ2n) is 6.28. The van der Waals surface area contributed by atoms with E-state index >= 15 is 0 Å². The summed E-state index contributed by atoms with van der Waals surface area (Å²) in [5.74, 6) is -0.406. The molecule has 1 aliphatic heterocycles. The predicted octanol–water partition coefficient (Wildman–Crippen LogP) is 1.30. The summed E-state index contributed by atoms with van der Waals surface area (Å²) in [7, 11) is -3.42. The molecule has 1 heterocycles. The Bertz CT molecular complexity index is 661. The summed E-state index contributed by atoms with van der Waals surface area (Å²) in [5, 5.41) is 2.94. The Morgan fingerprint density at radius 1 is 1.08 bits per heavy atom. The minimum atomic E-state index is -3.42. The molecule has 7 heteroatoms. The van der Waals surface area contributed by atoms with Crippen molar-refractivity contribution >= 4 is 15.7 Å². The number of carbonyl (C=O) groups excluding carboxylic acids is 1. The van der Waals surface area contributed by atoms with Crippen LogP contribution in [0.15, 0.2) is 35.2 Å². The second-order valence-corrected chi connectivity index (χ2v) is 8.39. The minimum Gasteiger partial charge on any atom is -0.373 e. The average Bonchev–Trinajstić information content (AvgIpc) is 2.61. The lowest BCUT2D eigenvalue weighted by atomic mass is 9.89. The third kappa shape index (κ3) is 4.34. The molecule has 1 saturated heterocycles. The van der Waals surface area contributed by atoms with Crippen LogP contribution in [0.5, 0.6) is 0 Å². The van der Waals surface area contributed by atoms with E-state index in [0.717, 1.165) is 19.3 Å². The molecule has 3 rings (SSSR count). The molecule has 132 valence electrons. The highest BCUT2D eigenvalue weighted by atomic mass is 32.2. The van der Waals surface area contributed by atoms with E-state index in [1.54, 1.807) is 30.3 Å². The first-order valence-corrected chi connectivity index (χ1v) is 10.0.